The van der Waals surface area contributed by atoms with Gasteiger partial charge in [0.25, 0.3) is 0 Å². The number of sulfonamides is 1. The van der Waals surface area contributed by atoms with Gasteiger partial charge in [-0.25, -0.2) is 13.1 Å². The maximum atomic E-state index is 12.5. The van der Waals surface area contributed by atoms with E-state index in [1.165, 1.54) is 19.3 Å². The van der Waals surface area contributed by atoms with Crippen molar-refractivity contribution in [3.8, 4) is 0 Å². The second kappa shape index (κ2) is 5.73. The first-order valence-corrected chi connectivity index (χ1v) is 10.9. The standard InChI is InChI=1S/C17H28N2O3S/c1-11-2-6-14(7-3-11)18-23(21,22)10-16(20)19-9-15-12-4-5-13(8-12)17(15)19/h11-15,17-18H,2-10H2,1H3. The number of fused-ring (bicyclic) bond motifs is 5. The molecule has 1 amide bonds. The quantitative estimate of drug-likeness (QED) is 0.848. The number of hydrogen-bond acceptors (Lipinski definition) is 3. The van der Waals surface area contributed by atoms with Crippen LogP contribution >= 0.6 is 0 Å². The summed E-state index contributed by atoms with van der Waals surface area (Å²) in [6.07, 6.45) is 7.72. The molecule has 4 unspecified atom stereocenters. The molecule has 0 radical (unpaired) electrons. The molecule has 1 saturated heterocycles. The number of carbonyl (C=O) groups excluding carboxylic acids is 1. The van der Waals surface area contributed by atoms with Crippen molar-refractivity contribution in [3.63, 3.8) is 0 Å². The maximum absolute atomic E-state index is 12.5. The molecule has 2 bridgehead atoms. The molecule has 3 saturated carbocycles. The third-order valence-corrected chi connectivity index (χ3v) is 8.12. The zero-order chi connectivity index (χ0) is 16.2. The molecule has 4 atom stereocenters. The zero-order valence-electron chi connectivity index (χ0n) is 13.9. The van der Waals surface area contributed by atoms with Gasteiger partial charge in [-0.05, 0) is 62.7 Å². The van der Waals surface area contributed by atoms with Gasteiger partial charge in [0.05, 0.1) is 0 Å². The Hall–Kier alpha value is -0.620. The average Bonchev–Trinajstić information content (AvgIpc) is 2.97. The molecule has 5 nitrogen and oxygen atoms in total. The Bertz CT molecular complexity index is 581. The first-order chi connectivity index (χ1) is 10.9. The highest BCUT2D eigenvalue weighted by molar-refractivity contribution is 7.90. The van der Waals surface area contributed by atoms with Gasteiger partial charge in [-0.15, -0.1) is 0 Å². The Labute approximate surface area is 139 Å². The normalized spacial score (nSPS) is 42.4. The topological polar surface area (TPSA) is 66.5 Å². The fraction of sp³-hybridized carbons (Fsp3) is 0.941. The number of rotatable bonds is 4. The minimum absolute atomic E-state index is 0.0237. The third-order valence-electron chi connectivity index (χ3n) is 6.80. The summed E-state index contributed by atoms with van der Waals surface area (Å²) >= 11 is 0. The molecule has 0 aromatic heterocycles. The van der Waals surface area contributed by atoms with E-state index in [1.807, 2.05) is 4.90 Å². The Morgan fingerprint density at radius 2 is 1.78 bits per heavy atom. The fourth-order valence-corrected chi connectivity index (χ4v) is 6.84. The molecule has 130 valence electrons. The van der Waals surface area contributed by atoms with Crippen molar-refractivity contribution < 1.29 is 13.2 Å². The molecule has 23 heavy (non-hydrogen) atoms. The van der Waals surface area contributed by atoms with E-state index in [0.29, 0.717) is 23.8 Å². The van der Waals surface area contributed by atoms with Crippen molar-refractivity contribution in [2.75, 3.05) is 12.3 Å². The summed E-state index contributed by atoms with van der Waals surface area (Å²) in [5, 5.41) is 0. The predicted octanol–water partition coefficient (Wildman–Crippen LogP) is 1.74. The summed E-state index contributed by atoms with van der Waals surface area (Å²) in [6, 6.07) is 0.377. The molecule has 1 heterocycles. The SMILES string of the molecule is CC1CCC(NS(=O)(=O)CC(=O)N2CC3C4CCC(C4)C32)CC1. The second-order valence-electron chi connectivity index (χ2n) is 8.37. The van der Waals surface area contributed by atoms with Gasteiger partial charge >= 0.3 is 0 Å². The molecule has 1 aliphatic heterocycles. The van der Waals surface area contributed by atoms with E-state index in [0.717, 1.165) is 38.1 Å². The minimum Gasteiger partial charge on any atom is -0.338 e. The molecule has 0 aromatic carbocycles. The van der Waals surface area contributed by atoms with E-state index in [-0.39, 0.29) is 17.7 Å². The van der Waals surface area contributed by atoms with Crippen LogP contribution < -0.4 is 4.72 Å². The van der Waals surface area contributed by atoms with Crippen LogP contribution in [0.2, 0.25) is 0 Å². The van der Waals surface area contributed by atoms with Crippen molar-refractivity contribution in [1.29, 1.82) is 0 Å². The van der Waals surface area contributed by atoms with Crippen LogP contribution in [0.25, 0.3) is 0 Å². The zero-order valence-corrected chi connectivity index (χ0v) is 14.7. The van der Waals surface area contributed by atoms with Crippen LogP contribution in [0.4, 0.5) is 0 Å². The van der Waals surface area contributed by atoms with Crippen LogP contribution in [-0.2, 0) is 14.8 Å². The van der Waals surface area contributed by atoms with Gasteiger partial charge in [0, 0.05) is 24.5 Å². The van der Waals surface area contributed by atoms with Gasteiger partial charge in [0.1, 0.15) is 5.75 Å². The van der Waals surface area contributed by atoms with Crippen LogP contribution in [0.1, 0.15) is 51.9 Å². The maximum Gasteiger partial charge on any atom is 0.239 e. The molecule has 4 fully saturated rings. The lowest BCUT2D eigenvalue weighted by Gasteiger charge is -2.50. The lowest BCUT2D eigenvalue weighted by molar-refractivity contribution is -0.143. The van der Waals surface area contributed by atoms with Crippen LogP contribution in [0.3, 0.4) is 0 Å². The third kappa shape index (κ3) is 2.93. The molecular formula is C17H28N2O3S. The summed E-state index contributed by atoms with van der Waals surface area (Å²) in [6.45, 7) is 3.00. The van der Waals surface area contributed by atoms with Gasteiger partial charge < -0.3 is 4.90 Å². The summed E-state index contributed by atoms with van der Waals surface area (Å²) in [4.78, 5) is 14.3. The predicted molar refractivity (Wildman–Crippen MR) is 88.2 cm³/mol. The summed E-state index contributed by atoms with van der Waals surface area (Å²) in [5.74, 6) is 2.24. The minimum atomic E-state index is -3.50. The molecule has 6 heteroatoms. The lowest BCUT2D eigenvalue weighted by atomic mass is 9.77. The molecular weight excluding hydrogens is 312 g/mol. The Morgan fingerprint density at radius 1 is 1.09 bits per heavy atom. The van der Waals surface area contributed by atoms with Gasteiger partial charge in [-0.2, -0.15) is 0 Å². The Kier molecular flexibility index (Phi) is 3.95. The summed E-state index contributed by atoms with van der Waals surface area (Å²) in [5.41, 5.74) is 0. The van der Waals surface area contributed by atoms with Crippen LogP contribution in [-0.4, -0.2) is 43.6 Å². The Morgan fingerprint density at radius 3 is 2.48 bits per heavy atom. The highest BCUT2D eigenvalue weighted by Crippen LogP contribution is 2.55. The largest absolute Gasteiger partial charge is 0.338 e. The average molecular weight is 340 g/mol. The van der Waals surface area contributed by atoms with E-state index in [9.17, 15) is 13.2 Å². The number of amides is 1. The summed E-state index contributed by atoms with van der Waals surface area (Å²) in [7, 11) is -3.50. The highest BCUT2D eigenvalue weighted by atomic mass is 32.2. The van der Waals surface area contributed by atoms with Gasteiger partial charge in [0.2, 0.25) is 15.9 Å². The highest BCUT2D eigenvalue weighted by Gasteiger charge is 2.57. The number of likely N-dealkylation sites (tertiary alicyclic amines) is 1. The smallest absolute Gasteiger partial charge is 0.239 e. The second-order valence-corrected chi connectivity index (χ2v) is 10.1. The van der Waals surface area contributed by atoms with E-state index in [1.54, 1.807) is 0 Å². The van der Waals surface area contributed by atoms with Crippen LogP contribution in [0.5, 0.6) is 0 Å². The number of carbonyl (C=O) groups is 1. The molecule has 0 spiro atoms. The van der Waals surface area contributed by atoms with E-state index in [2.05, 4.69) is 11.6 Å². The first-order valence-electron chi connectivity index (χ1n) is 9.22. The van der Waals surface area contributed by atoms with Crippen LogP contribution in [0, 0.1) is 23.7 Å². The molecule has 4 aliphatic rings. The number of nitrogens with zero attached hydrogens (tertiary/aromatic N) is 1. The summed E-state index contributed by atoms with van der Waals surface area (Å²) < 4.78 is 27.4. The lowest BCUT2D eigenvalue weighted by Crippen LogP contribution is -2.62. The molecule has 3 aliphatic carbocycles. The van der Waals surface area contributed by atoms with Crippen molar-refractivity contribution in [3.05, 3.63) is 0 Å². The van der Waals surface area contributed by atoms with E-state index in [4.69, 9.17) is 0 Å². The fourth-order valence-electron chi connectivity index (χ4n) is 5.52. The van der Waals surface area contributed by atoms with E-state index >= 15 is 0 Å². The van der Waals surface area contributed by atoms with Crippen molar-refractivity contribution in [2.45, 2.75) is 64.0 Å². The monoisotopic (exact) mass is 340 g/mol. The number of hydrogen-bond donors (Lipinski definition) is 1. The van der Waals surface area contributed by atoms with Crippen LogP contribution in [0.15, 0.2) is 0 Å². The molecule has 4 rings (SSSR count). The van der Waals surface area contributed by atoms with Crippen molar-refractivity contribution in [1.82, 2.24) is 9.62 Å². The van der Waals surface area contributed by atoms with Gasteiger partial charge in [0.15, 0.2) is 0 Å². The van der Waals surface area contributed by atoms with E-state index < -0.39 is 10.0 Å². The Balaban J connectivity index is 1.32. The van der Waals surface area contributed by atoms with Crippen molar-refractivity contribution >= 4 is 15.9 Å². The van der Waals surface area contributed by atoms with Gasteiger partial charge in [-0.1, -0.05) is 6.92 Å². The molecule has 0 aromatic rings. The van der Waals surface area contributed by atoms with Crippen molar-refractivity contribution in [2.24, 2.45) is 23.7 Å². The number of nitrogens with one attached hydrogen (secondary N) is 1. The molecule has 1 N–H and O–H groups in total. The first kappa shape index (κ1) is 15.9. The van der Waals surface area contributed by atoms with Gasteiger partial charge in [-0.3, -0.25) is 4.79 Å².